The minimum atomic E-state index is -0.133. The van der Waals surface area contributed by atoms with E-state index in [9.17, 15) is 9.59 Å². The third-order valence-electron chi connectivity index (χ3n) is 2.85. The van der Waals surface area contributed by atoms with Crippen molar-refractivity contribution in [2.24, 2.45) is 0 Å². The second-order valence-corrected chi connectivity index (χ2v) is 5.00. The summed E-state index contributed by atoms with van der Waals surface area (Å²) >= 11 is 1.41. The number of aromatic nitrogens is 1. The average Bonchev–Trinajstić information content (AvgIpc) is 2.80. The quantitative estimate of drug-likeness (QED) is 0.659. The SMILES string of the molecule is CCc1cc2c(s1)C(=O)c1cccnc1C2=O. The highest BCUT2D eigenvalue weighted by molar-refractivity contribution is 7.14. The summed E-state index contributed by atoms with van der Waals surface area (Å²) in [6, 6.07) is 5.16. The van der Waals surface area contributed by atoms with Crippen LogP contribution in [0.1, 0.15) is 43.1 Å². The Kier molecular flexibility index (Phi) is 2.19. The molecule has 0 radical (unpaired) electrons. The first kappa shape index (κ1) is 10.4. The molecule has 17 heavy (non-hydrogen) atoms. The van der Waals surface area contributed by atoms with E-state index in [1.807, 2.05) is 13.0 Å². The topological polar surface area (TPSA) is 47.0 Å². The molecule has 0 unspecified atom stereocenters. The lowest BCUT2D eigenvalue weighted by atomic mass is 9.93. The Morgan fingerprint density at radius 3 is 2.82 bits per heavy atom. The van der Waals surface area contributed by atoms with Gasteiger partial charge in [-0.1, -0.05) is 6.92 Å². The third kappa shape index (κ3) is 1.37. The fraction of sp³-hybridized carbons (Fsp3) is 0.154. The van der Waals surface area contributed by atoms with Crippen molar-refractivity contribution in [2.45, 2.75) is 13.3 Å². The van der Waals surface area contributed by atoms with Gasteiger partial charge in [-0.2, -0.15) is 0 Å². The van der Waals surface area contributed by atoms with Crippen LogP contribution in [0.25, 0.3) is 0 Å². The molecule has 0 saturated heterocycles. The van der Waals surface area contributed by atoms with Gasteiger partial charge >= 0.3 is 0 Å². The first-order valence-electron chi connectivity index (χ1n) is 5.39. The zero-order chi connectivity index (χ0) is 12.0. The smallest absolute Gasteiger partial charge is 0.213 e. The first-order chi connectivity index (χ1) is 8.22. The fourth-order valence-electron chi connectivity index (χ4n) is 1.97. The number of fused-ring (bicyclic) bond motifs is 2. The van der Waals surface area contributed by atoms with Gasteiger partial charge in [0.25, 0.3) is 0 Å². The normalized spacial score (nSPS) is 13.5. The standard InChI is InChI=1S/C13H9NO2S/c1-2-7-6-9-11(15)10-8(4-3-5-14-10)12(16)13(9)17-7/h3-6H,2H2,1H3. The van der Waals surface area contributed by atoms with Crippen LogP contribution in [0.5, 0.6) is 0 Å². The van der Waals surface area contributed by atoms with Gasteiger partial charge in [0, 0.05) is 16.6 Å². The Balaban J connectivity index is 2.27. The van der Waals surface area contributed by atoms with Crippen LogP contribution < -0.4 is 0 Å². The van der Waals surface area contributed by atoms with Crippen molar-refractivity contribution in [1.82, 2.24) is 4.98 Å². The van der Waals surface area contributed by atoms with Crippen LogP contribution >= 0.6 is 11.3 Å². The summed E-state index contributed by atoms with van der Waals surface area (Å²) in [5.74, 6) is -0.210. The van der Waals surface area contributed by atoms with Crippen LogP contribution in [0.4, 0.5) is 0 Å². The summed E-state index contributed by atoms with van der Waals surface area (Å²) in [5, 5.41) is 0. The van der Waals surface area contributed by atoms with E-state index in [0.29, 0.717) is 16.0 Å². The molecular formula is C13H9NO2S. The maximum atomic E-state index is 12.2. The van der Waals surface area contributed by atoms with Gasteiger partial charge in [0.05, 0.1) is 10.4 Å². The minimum absolute atomic E-state index is 0.0765. The molecule has 84 valence electrons. The van der Waals surface area contributed by atoms with Crippen LogP contribution in [-0.4, -0.2) is 16.6 Å². The van der Waals surface area contributed by atoms with Crippen LogP contribution in [0.3, 0.4) is 0 Å². The Hall–Kier alpha value is -1.81. The molecule has 3 rings (SSSR count). The number of aryl methyl sites for hydroxylation is 1. The number of ketones is 2. The molecule has 0 saturated carbocycles. The number of carbonyl (C=O) groups excluding carboxylic acids is 2. The second kappa shape index (κ2) is 3.60. The molecule has 0 bridgehead atoms. The van der Waals surface area contributed by atoms with Crippen LogP contribution in [0, 0.1) is 0 Å². The number of thiophene rings is 1. The Morgan fingerprint density at radius 1 is 1.24 bits per heavy atom. The zero-order valence-electron chi connectivity index (χ0n) is 9.19. The molecule has 0 aromatic carbocycles. The molecule has 0 N–H and O–H groups in total. The van der Waals surface area contributed by atoms with Crippen LogP contribution in [0.2, 0.25) is 0 Å². The number of nitrogens with zero attached hydrogens (tertiary/aromatic N) is 1. The van der Waals surface area contributed by atoms with Crippen molar-refractivity contribution in [2.75, 3.05) is 0 Å². The lowest BCUT2D eigenvalue weighted by Crippen LogP contribution is -2.19. The number of carbonyl (C=O) groups is 2. The monoisotopic (exact) mass is 243 g/mol. The van der Waals surface area contributed by atoms with Gasteiger partial charge in [-0.3, -0.25) is 14.6 Å². The highest BCUT2D eigenvalue weighted by atomic mass is 32.1. The lowest BCUT2D eigenvalue weighted by Gasteiger charge is -2.11. The molecule has 0 atom stereocenters. The van der Waals surface area contributed by atoms with E-state index < -0.39 is 0 Å². The van der Waals surface area contributed by atoms with Gasteiger partial charge in [-0.05, 0) is 24.6 Å². The molecule has 2 heterocycles. The van der Waals surface area contributed by atoms with Crippen molar-refractivity contribution >= 4 is 22.9 Å². The first-order valence-corrected chi connectivity index (χ1v) is 6.21. The number of rotatable bonds is 1. The van der Waals surface area contributed by atoms with Crippen molar-refractivity contribution < 1.29 is 9.59 Å². The third-order valence-corrected chi connectivity index (χ3v) is 4.13. The highest BCUT2D eigenvalue weighted by Crippen LogP contribution is 2.32. The van der Waals surface area contributed by atoms with E-state index in [1.165, 1.54) is 11.3 Å². The molecule has 0 aliphatic heterocycles. The summed E-state index contributed by atoms with van der Waals surface area (Å²) in [5.41, 5.74) is 1.23. The van der Waals surface area contributed by atoms with Crippen molar-refractivity contribution in [3.8, 4) is 0 Å². The number of hydrogen-bond donors (Lipinski definition) is 0. The second-order valence-electron chi connectivity index (χ2n) is 3.87. The predicted octanol–water partition coefficient (Wildman–Crippen LogP) is 2.48. The van der Waals surface area contributed by atoms with Crippen molar-refractivity contribution in [1.29, 1.82) is 0 Å². The van der Waals surface area contributed by atoms with Gasteiger partial charge < -0.3 is 0 Å². The Morgan fingerprint density at radius 2 is 2.06 bits per heavy atom. The molecule has 4 heteroatoms. The van der Waals surface area contributed by atoms with Crippen LogP contribution in [-0.2, 0) is 6.42 Å². The molecule has 2 aromatic rings. The molecular weight excluding hydrogens is 234 g/mol. The van der Waals surface area contributed by atoms with Gasteiger partial charge in [-0.15, -0.1) is 11.3 Å². The van der Waals surface area contributed by atoms with E-state index >= 15 is 0 Å². The predicted molar refractivity (Wildman–Crippen MR) is 64.8 cm³/mol. The van der Waals surface area contributed by atoms with Gasteiger partial charge in [0.15, 0.2) is 0 Å². The van der Waals surface area contributed by atoms with E-state index in [4.69, 9.17) is 0 Å². The maximum absolute atomic E-state index is 12.2. The summed E-state index contributed by atoms with van der Waals surface area (Å²) < 4.78 is 0. The largest absolute Gasteiger partial charge is 0.288 e. The van der Waals surface area contributed by atoms with E-state index in [1.54, 1.807) is 18.3 Å². The summed E-state index contributed by atoms with van der Waals surface area (Å²) in [6.07, 6.45) is 2.38. The van der Waals surface area contributed by atoms with Crippen molar-refractivity contribution in [3.05, 3.63) is 51.0 Å². The summed E-state index contributed by atoms with van der Waals surface area (Å²) in [7, 11) is 0. The molecule has 1 aliphatic carbocycles. The lowest BCUT2D eigenvalue weighted by molar-refractivity contribution is 0.0978. The number of hydrogen-bond acceptors (Lipinski definition) is 4. The van der Waals surface area contributed by atoms with E-state index in [0.717, 1.165) is 11.3 Å². The Labute approximate surface area is 102 Å². The minimum Gasteiger partial charge on any atom is -0.288 e. The maximum Gasteiger partial charge on any atom is 0.213 e. The highest BCUT2D eigenvalue weighted by Gasteiger charge is 2.32. The zero-order valence-corrected chi connectivity index (χ0v) is 10.0. The molecule has 0 fully saturated rings. The number of pyridine rings is 1. The van der Waals surface area contributed by atoms with E-state index in [2.05, 4.69) is 4.98 Å². The summed E-state index contributed by atoms with van der Waals surface area (Å²) in [6.45, 7) is 2.01. The molecule has 1 aliphatic rings. The molecule has 0 spiro atoms. The molecule has 2 aromatic heterocycles. The van der Waals surface area contributed by atoms with Gasteiger partial charge in [-0.25, -0.2) is 0 Å². The van der Waals surface area contributed by atoms with Crippen LogP contribution in [0.15, 0.2) is 24.4 Å². The average molecular weight is 243 g/mol. The van der Waals surface area contributed by atoms with Gasteiger partial charge in [0.2, 0.25) is 11.6 Å². The van der Waals surface area contributed by atoms with Gasteiger partial charge in [0.1, 0.15) is 5.69 Å². The van der Waals surface area contributed by atoms with E-state index in [-0.39, 0.29) is 17.3 Å². The molecule has 0 amide bonds. The van der Waals surface area contributed by atoms with Crippen molar-refractivity contribution in [3.63, 3.8) is 0 Å². The fourth-order valence-corrected chi connectivity index (χ4v) is 3.02. The summed E-state index contributed by atoms with van der Waals surface area (Å²) in [4.78, 5) is 30.0. The molecule has 3 nitrogen and oxygen atoms in total. The Bertz CT molecular complexity index is 590.